The topological polar surface area (TPSA) is 46.5 Å². The molecule has 0 aliphatic rings. The summed E-state index contributed by atoms with van der Waals surface area (Å²) in [6, 6.07) is 0. The van der Waals surface area contributed by atoms with E-state index in [0.29, 0.717) is 6.61 Å². The second kappa shape index (κ2) is 8.75. The van der Waals surface area contributed by atoms with Gasteiger partial charge in [0.1, 0.15) is 0 Å². The van der Waals surface area contributed by atoms with Gasteiger partial charge in [-0.3, -0.25) is 0 Å². The van der Waals surface area contributed by atoms with Crippen molar-refractivity contribution in [3.8, 4) is 0 Å². The van der Waals surface area contributed by atoms with Gasteiger partial charge in [0.2, 0.25) is 0 Å². The zero-order chi connectivity index (χ0) is 10.8. The van der Waals surface area contributed by atoms with Crippen LogP contribution in [0.5, 0.6) is 0 Å². The predicted molar refractivity (Wildman–Crippen MR) is 55.9 cm³/mol. The molecule has 0 unspecified atom stereocenters. The first-order valence-corrected chi connectivity index (χ1v) is 5.09. The summed E-state index contributed by atoms with van der Waals surface area (Å²) >= 11 is 0. The highest BCUT2D eigenvalue weighted by molar-refractivity contribution is 5.82. The second-order valence-corrected chi connectivity index (χ2v) is 3.53. The van der Waals surface area contributed by atoms with Gasteiger partial charge in [-0.25, -0.2) is 4.79 Å². The van der Waals surface area contributed by atoms with Crippen LogP contribution in [0.2, 0.25) is 0 Å². The fourth-order valence-electron chi connectivity index (χ4n) is 1.02. The molecule has 0 atom stereocenters. The molecule has 0 saturated heterocycles. The molecule has 0 spiro atoms. The number of esters is 1. The lowest BCUT2D eigenvalue weighted by Crippen LogP contribution is -2.02. The third kappa shape index (κ3) is 9.26. The van der Waals surface area contributed by atoms with E-state index in [2.05, 4.69) is 0 Å². The fraction of sp³-hybridized carbons (Fsp3) is 0.727. The molecular weight excluding hydrogens is 180 g/mol. The maximum absolute atomic E-state index is 11.0. The Balaban J connectivity index is 3.28. The van der Waals surface area contributed by atoms with E-state index >= 15 is 0 Å². The van der Waals surface area contributed by atoms with Gasteiger partial charge in [-0.15, -0.1) is 0 Å². The summed E-state index contributed by atoms with van der Waals surface area (Å²) in [5.74, 6) is -0.257. The number of carbonyl (C=O) groups is 1. The van der Waals surface area contributed by atoms with Gasteiger partial charge < -0.3 is 9.84 Å². The molecule has 0 rings (SSSR count). The summed E-state index contributed by atoms with van der Waals surface area (Å²) in [5.41, 5.74) is 0.954. The largest absolute Gasteiger partial charge is 0.463 e. The van der Waals surface area contributed by atoms with E-state index in [9.17, 15) is 4.79 Å². The van der Waals surface area contributed by atoms with Crippen molar-refractivity contribution in [2.45, 2.75) is 39.5 Å². The summed E-state index contributed by atoms with van der Waals surface area (Å²) in [4.78, 5) is 11.0. The molecule has 3 nitrogen and oxygen atoms in total. The number of aliphatic hydroxyl groups is 1. The van der Waals surface area contributed by atoms with Gasteiger partial charge >= 0.3 is 5.97 Å². The molecule has 14 heavy (non-hydrogen) atoms. The Bertz CT molecular complexity index is 181. The van der Waals surface area contributed by atoms with Crippen LogP contribution >= 0.6 is 0 Å². The lowest BCUT2D eigenvalue weighted by Gasteiger charge is -2.01. The molecular formula is C11H20O3. The van der Waals surface area contributed by atoms with Crippen molar-refractivity contribution in [1.82, 2.24) is 0 Å². The molecule has 0 saturated carbocycles. The Labute approximate surface area is 85.8 Å². The monoisotopic (exact) mass is 200 g/mol. The van der Waals surface area contributed by atoms with Crippen molar-refractivity contribution in [2.24, 2.45) is 0 Å². The summed E-state index contributed by atoms with van der Waals surface area (Å²) in [7, 11) is 0. The smallest absolute Gasteiger partial charge is 0.330 e. The average molecular weight is 200 g/mol. The van der Waals surface area contributed by atoms with Crippen molar-refractivity contribution < 1.29 is 14.6 Å². The van der Waals surface area contributed by atoms with Crippen molar-refractivity contribution in [3.05, 3.63) is 11.6 Å². The first-order valence-electron chi connectivity index (χ1n) is 5.09. The van der Waals surface area contributed by atoms with E-state index in [0.717, 1.165) is 31.3 Å². The van der Waals surface area contributed by atoms with Gasteiger partial charge in [-0.05, 0) is 33.1 Å². The van der Waals surface area contributed by atoms with Crippen LogP contribution in [-0.2, 0) is 9.53 Å². The molecule has 0 bridgehead atoms. The van der Waals surface area contributed by atoms with Gasteiger partial charge in [-0.2, -0.15) is 0 Å². The van der Waals surface area contributed by atoms with Crippen LogP contribution in [0.4, 0.5) is 0 Å². The second-order valence-electron chi connectivity index (χ2n) is 3.53. The molecule has 0 aromatic rings. The summed E-state index contributed by atoms with van der Waals surface area (Å²) in [6.45, 7) is 4.45. The third-order valence-corrected chi connectivity index (χ3v) is 1.70. The Morgan fingerprint density at radius 3 is 2.43 bits per heavy atom. The maximum atomic E-state index is 11.0. The van der Waals surface area contributed by atoms with Crippen LogP contribution < -0.4 is 0 Å². The van der Waals surface area contributed by atoms with Crippen LogP contribution in [0.3, 0.4) is 0 Å². The highest BCUT2D eigenvalue weighted by atomic mass is 16.5. The summed E-state index contributed by atoms with van der Waals surface area (Å²) < 4.78 is 4.96. The summed E-state index contributed by atoms with van der Waals surface area (Å²) in [5, 5.41) is 8.52. The minimum atomic E-state index is -0.257. The predicted octanol–water partition coefficient (Wildman–Crippen LogP) is 2.05. The average Bonchev–Trinajstić information content (AvgIpc) is 2.10. The van der Waals surface area contributed by atoms with Gasteiger partial charge in [0.25, 0.3) is 0 Å². The molecule has 0 aliphatic heterocycles. The third-order valence-electron chi connectivity index (χ3n) is 1.70. The maximum Gasteiger partial charge on any atom is 0.330 e. The Morgan fingerprint density at radius 1 is 1.21 bits per heavy atom. The zero-order valence-corrected chi connectivity index (χ0v) is 9.08. The van der Waals surface area contributed by atoms with Crippen LogP contribution in [0, 0.1) is 0 Å². The number of carbonyl (C=O) groups excluding carboxylic acids is 1. The van der Waals surface area contributed by atoms with Crippen LogP contribution in [0.25, 0.3) is 0 Å². The molecule has 0 aromatic carbocycles. The molecule has 0 fully saturated rings. The quantitative estimate of drug-likeness (QED) is 0.388. The zero-order valence-electron chi connectivity index (χ0n) is 9.08. The highest BCUT2D eigenvalue weighted by Gasteiger charge is 1.96. The minimum absolute atomic E-state index is 0.248. The molecule has 1 N–H and O–H groups in total. The van der Waals surface area contributed by atoms with Gasteiger partial charge in [0.05, 0.1) is 6.61 Å². The number of hydrogen-bond acceptors (Lipinski definition) is 3. The molecule has 0 amide bonds. The number of hydrogen-bond donors (Lipinski definition) is 1. The van der Waals surface area contributed by atoms with Crippen LogP contribution in [-0.4, -0.2) is 24.3 Å². The normalized spacial score (nSPS) is 9.64. The van der Waals surface area contributed by atoms with E-state index in [1.165, 1.54) is 6.08 Å². The Hall–Kier alpha value is -0.830. The van der Waals surface area contributed by atoms with E-state index in [1.807, 2.05) is 13.8 Å². The number of unbranched alkanes of at least 4 members (excludes halogenated alkanes) is 3. The van der Waals surface area contributed by atoms with Crippen molar-refractivity contribution in [1.29, 1.82) is 0 Å². The molecule has 0 aromatic heterocycles. The minimum Gasteiger partial charge on any atom is -0.463 e. The Morgan fingerprint density at radius 2 is 1.86 bits per heavy atom. The fourth-order valence-corrected chi connectivity index (χ4v) is 1.02. The van der Waals surface area contributed by atoms with Gasteiger partial charge in [-0.1, -0.05) is 12.0 Å². The van der Waals surface area contributed by atoms with Gasteiger partial charge in [0, 0.05) is 12.7 Å². The molecule has 3 heteroatoms. The first kappa shape index (κ1) is 13.2. The van der Waals surface area contributed by atoms with Crippen molar-refractivity contribution in [3.63, 3.8) is 0 Å². The van der Waals surface area contributed by atoms with Crippen LogP contribution in [0.1, 0.15) is 39.5 Å². The van der Waals surface area contributed by atoms with Crippen LogP contribution in [0.15, 0.2) is 11.6 Å². The standard InChI is InChI=1S/C11H20O3/c1-10(2)9-11(13)14-8-6-4-3-5-7-12/h9,12H,3-8H2,1-2H3. The molecule has 0 aliphatic carbocycles. The van der Waals surface area contributed by atoms with E-state index in [1.54, 1.807) is 0 Å². The number of rotatable bonds is 7. The first-order chi connectivity index (χ1) is 6.66. The van der Waals surface area contributed by atoms with E-state index in [4.69, 9.17) is 9.84 Å². The Kier molecular flexibility index (Phi) is 8.24. The lowest BCUT2D eigenvalue weighted by atomic mass is 10.2. The summed E-state index contributed by atoms with van der Waals surface area (Å²) in [6.07, 6.45) is 5.21. The number of ether oxygens (including phenoxy) is 1. The number of allylic oxidation sites excluding steroid dienone is 1. The van der Waals surface area contributed by atoms with Crippen molar-refractivity contribution in [2.75, 3.05) is 13.2 Å². The SMILES string of the molecule is CC(C)=CC(=O)OCCCCCCO. The number of aliphatic hydroxyl groups excluding tert-OH is 1. The van der Waals surface area contributed by atoms with E-state index < -0.39 is 0 Å². The molecule has 0 radical (unpaired) electrons. The highest BCUT2D eigenvalue weighted by Crippen LogP contribution is 2.00. The lowest BCUT2D eigenvalue weighted by molar-refractivity contribution is -0.137. The van der Waals surface area contributed by atoms with Crippen molar-refractivity contribution >= 4 is 5.97 Å². The molecule has 82 valence electrons. The van der Waals surface area contributed by atoms with Gasteiger partial charge in [0.15, 0.2) is 0 Å². The molecule has 0 heterocycles. The van der Waals surface area contributed by atoms with E-state index in [-0.39, 0.29) is 12.6 Å².